The molecule has 0 amide bonds. The first kappa shape index (κ1) is 13.0. The second-order valence-corrected chi connectivity index (χ2v) is 4.88. The van der Waals surface area contributed by atoms with Crippen molar-refractivity contribution in [1.82, 2.24) is 4.98 Å². The summed E-state index contributed by atoms with van der Waals surface area (Å²) in [5.41, 5.74) is 0.674. The second kappa shape index (κ2) is 5.02. The quantitative estimate of drug-likeness (QED) is 0.469. The van der Waals surface area contributed by atoms with Gasteiger partial charge in [-0.1, -0.05) is 18.0 Å². The van der Waals surface area contributed by atoms with E-state index in [9.17, 15) is 14.9 Å². The van der Waals surface area contributed by atoms with Crippen LogP contribution in [0.25, 0.3) is 0 Å². The highest BCUT2D eigenvalue weighted by atomic mass is 35.5. The van der Waals surface area contributed by atoms with Gasteiger partial charge in [-0.25, -0.2) is 4.98 Å². The highest BCUT2D eigenvalue weighted by molar-refractivity contribution is 6.30. The molecule has 0 radical (unpaired) electrons. The Morgan fingerprint density at radius 3 is 2.83 bits per heavy atom. The van der Waals surface area contributed by atoms with Crippen LogP contribution in [0.3, 0.4) is 0 Å². The van der Waals surface area contributed by atoms with E-state index in [0.29, 0.717) is 18.4 Å². The van der Waals surface area contributed by atoms with Crippen molar-refractivity contribution in [2.45, 2.75) is 38.5 Å². The van der Waals surface area contributed by atoms with E-state index < -0.39 is 10.8 Å². The molecule has 18 heavy (non-hydrogen) atoms. The van der Waals surface area contributed by atoms with E-state index in [0.717, 1.165) is 12.8 Å². The van der Waals surface area contributed by atoms with E-state index in [1.165, 1.54) is 6.07 Å². The number of Topliss-reactive ketones (excluding diaryl/α,β-unsaturated/α-hetero) is 1. The first-order valence-electron chi connectivity index (χ1n) is 5.85. The lowest BCUT2D eigenvalue weighted by molar-refractivity contribution is -0.386. The summed E-state index contributed by atoms with van der Waals surface area (Å²) in [6.45, 7) is 1.66. The predicted octanol–water partition coefficient (Wildman–Crippen LogP) is 3.18. The van der Waals surface area contributed by atoms with Crippen molar-refractivity contribution in [1.29, 1.82) is 0 Å². The predicted molar refractivity (Wildman–Crippen MR) is 66.9 cm³/mol. The highest BCUT2D eigenvalue weighted by Crippen LogP contribution is 2.35. The number of halogens is 1. The zero-order chi connectivity index (χ0) is 13.3. The van der Waals surface area contributed by atoms with Crippen molar-refractivity contribution in [3.05, 3.63) is 32.6 Å². The third-order valence-electron chi connectivity index (χ3n) is 3.24. The molecule has 0 aliphatic heterocycles. The Morgan fingerprint density at radius 1 is 1.50 bits per heavy atom. The van der Waals surface area contributed by atoms with Crippen molar-refractivity contribution in [3.63, 3.8) is 0 Å². The molecular formula is C12H13ClN2O3. The van der Waals surface area contributed by atoms with Gasteiger partial charge in [-0.2, -0.15) is 0 Å². The van der Waals surface area contributed by atoms with Gasteiger partial charge < -0.3 is 0 Å². The lowest BCUT2D eigenvalue weighted by atomic mass is 9.85. The molecule has 1 aliphatic rings. The molecule has 6 heteroatoms. The average Bonchev–Trinajstić information content (AvgIpc) is 2.32. The number of carbonyl (C=O) groups excluding carboxylic acids is 1. The monoisotopic (exact) mass is 268 g/mol. The van der Waals surface area contributed by atoms with Gasteiger partial charge >= 0.3 is 0 Å². The van der Waals surface area contributed by atoms with Crippen molar-refractivity contribution >= 4 is 23.1 Å². The van der Waals surface area contributed by atoms with E-state index in [-0.39, 0.29) is 22.3 Å². The Kier molecular flexibility index (Phi) is 3.61. The number of nitrogens with zero attached hydrogens (tertiary/aromatic N) is 2. The molecule has 1 aromatic heterocycles. The maximum atomic E-state index is 11.9. The molecule has 0 spiro atoms. The summed E-state index contributed by atoms with van der Waals surface area (Å²) in [5.74, 6) is -0.450. The van der Waals surface area contributed by atoms with Crippen LogP contribution in [0.15, 0.2) is 6.07 Å². The largest absolute Gasteiger partial charge is 0.299 e. The summed E-state index contributed by atoms with van der Waals surface area (Å²) < 4.78 is 0. The fraction of sp³-hybridized carbons (Fsp3) is 0.500. The van der Waals surface area contributed by atoms with Gasteiger partial charge in [0.15, 0.2) is 0 Å². The van der Waals surface area contributed by atoms with Crippen LogP contribution in [-0.4, -0.2) is 15.7 Å². The fourth-order valence-corrected chi connectivity index (χ4v) is 2.41. The van der Waals surface area contributed by atoms with E-state index in [1.54, 1.807) is 6.92 Å². The normalized spacial score (nSPS) is 19.9. The molecule has 1 atom stereocenters. The Bertz CT molecular complexity index is 516. The molecule has 5 nitrogen and oxygen atoms in total. The Labute approximate surface area is 109 Å². The van der Waals surface area contributed by atoms with Crippen LogP contribution in [0.2, 0.25) is 5.15 Å². The standard InChI is InChI=1S/C12H13ClN2O3/c1-7-6-9(15(17)18)11(14-12(7)13)8-4-2-3-5-10(8)16/h6,8H,2-5H2,1H3. The molecule has 1 fully saturated rings. The molecule has 0 N–H and O–H groups in total. The first-order valence-corrected chi connectivity index (χ1v) is 6.22. The maximum absolute atomic E-state index is 11.9. The number of rotatable bonds is 2. The minimum absolute atomic E-state index is 0.0248. The Hall–Kier alpha value is -1.49. The van der Waals surface area contributed by atoms with Crippen molar-refractivity contribution < 1.29 is 9.72 Å². The smallest absolute Gasteiger partial charge is 0.291 e. The summed E-state index contributed by atoms with van der Waals surface area (Å²) in [6, 6.07) is 1.40. The summed E-state index contributed by atoms with van der Waals surface area (Å²) in [6.07, 6.45) is 2.82. The summed E-state index contributed by atoms with van der Waals surface area (Å²) >= 11 is 5.91. The number of hydrogen-bond donors (Lipinski definition) is 0. The molecule has 0 saturated heterocycles. The zero-order valence-electron chi connectivity index (χ0n) is 9.98. The van der Waals surface area contributed by atoms with Gasteiger partial charge in [0.1, 0.15) is 16.6 Å². The lowest BCUT2D eigenvalue weighted by Crippen LogP contribution is -2.19. The van der Waals surface area contributed by atoms with Gasteiger partial charge in [0.2, 0.25) is 0 Å². The van der Waals surface area contributed by atoms with Crippen LogP contribution < -0.4 is 0 Å². The van der Waals surface area contributed by atoms with Gasteiger partial charge in [0, 0.05) is 12.5 Å². The number of nitro groups is 1. The molecular weight excluding hydrogens is 256 g/mol. The van der Waals surface area contributed by atoms with Crippen LogP contribution in [0.5, 0.6) is 0 Å². The number of ketones is 1. The molecule has 0 bridgehead atoms. The van der Waals surface area contributed by atoms with Crippen molar-refractivity contribution in [2.75, 3.05) is 0 Å². The van der Waals surface area contributed by atoms with Crippen LogP contribution in [0, 0.1) is 17.0 Å². The van der Waals surface area contributed by atoms with Gasteiger partial charge in [0.25, 0.3) is 5.69 Å². The molecule has 1 unspecified atom stereocenters. The molecule has 1 saturated carbocycles. The van der Waals surface area contributed by atoms with Crippen LogP contribution >= 0.6 is 11.6 Å². The van der Waals surface area contributed by atoms with Gasteiger partial charge in [-0.05, 0) is 25.3 Å². The topological polar surface area (TPSA) is 73.1 Å². The minimum Gasteiger partial charge on any atom is -0.299 e. The molecule has 1 aromatic rings. The van der Waals surface area contributed by atoms with Crippen LogP contribution in [0.1, 0.15) is 42.9 Å². The summed E-state index contributed by atoms with van der Waals surface area (Å²) in [5, 5.41) is 11.3. The second-order valence-electron chi connectivity index (χ2n) is 4.52. The van der Waals surface area contributed by atoms with Gasteiger partial charge in [-0.3, -0.25) is 14.9 Å². The van der Waals surface area contributed by atoms with Gasteiger partial charge in [-0.15, -0.1) is 0 Å². The Balaban J connectivity index is 2.51. The number of aromatic nitrogens is 1. The van der Waals surface area contributed by atoms with E-state index in [4.69, 9.17) is 11.6 Å². The minimum atomic E-state index is -0.493. The van der Waals surface area contributed by atoms with E-state index in [2.05, 4.69) is 4.98 Å². The fourth-order valence-electron chi connectivity index (χ4n) is 2.26. The Morgan fingerprint density at radius 2 is 2.22 bits per heavy atom. The molecule has 1 heterocycles. The molecule has 0 aromatic carbocycles. The summed E-state index contributed by atoms with van der Waals surface area (Å²) in [7, 11) is 0. The number of aryl methyl sites for hydroxylation is 1. The van der Waals surface area contributed by atoms with E-state index in [1.807, 2.05) is 0 Å². The number of hydrogen-bond acceptors (Lipinski definition) is 4. The van der Waals surface area contributed by atoms with Crippen LogP contribution in [0.4, 0.5) is 5.69 Å². The third-order valence-corrected chi connectivity index (χ3v) is 3.62. The van der Waals surface area contributed by atoms with Crippen molar-refractivity contribution in [2.24, 2.45) is 0 Å². The van der Waals surface area contributed by atoms with Crippen LogP contribution in [-0.2, 0) is 4.79 Å². The highest BCUT2D eigenvalue weighted by Gasteiger charge is 2.32. The van der Waals surface area contributed by atoms with E-state index >= 15 is 0 Å². The number of pyridine rings is 1. The molecule has 96 valence electrons. The number of carbonyl (C=O) groups is 1. The third kappa shape index (κ3) is 2.36. The van der Waals surface area contributed by atoms with Gasteiger partial charge in [0.05, 0.1) is 10.8 Å². The van der Waals surface area contributed by atoms with Crippen molar-refractivity contribution in [3.8, 4) is 0 Å². The SMILES string of the molecule is Cc1cc([N+](=O)[O-])c(C2CCCCC2=O)nc1Cl. The molecule has 1 aliphatic carbocycles. The lowest BCUT2D eigenvalue weighted by Gasteiger charge is -2.20. The summed E-state index contributed by atoms with van der Waals surface area (Å²) in [4.78, 5) is 26.5. The average molecular weight is 269 g/mol. The zero-order valence-corrected chi connectivity index (χ0v) is 10.7. The maximum Gasteiger partial charge on any atom is 0.291 e. The molecule has 2 rings (SSSR count). The first-order chi connectivity index (χ1) is 8.50.